The van der Waals surface area contributed by atoms with Crippen LogP contribution in [0.3, 0.4) is 0 Å². The quantitative estimate of drug-likeness (QED) is 0.0213. The van der Waals surface area contributed by atoms with Crippen molar-refractivity contribution in [1.82, 2.24) is 34.7 Å². The molecule has 11 rings (SSSR count). The first-order chi connectivity index (χ1) is 41.3. The minimum absolute atomic E-state index is 0.0487. The highest BCUT2D eigenvalue weighted by Gasteiger charge is 2.40. The van der Waals surface area contributed by atoms with E-state index in [1.54, 1.807) is 42.6 Å². The Morgan fingerprint density at radius 1 is 0.872 bits per heavy atom. The molecular formula is C63H72ClN11O10S. The van der Waals surface area contributed by atoms with Gasteiger partial charge in [0.05, 0.1) is 22.3 Å². The van der Waals surface area contributed by atoms with E-state index in [2.05, 4.69) is 66.4 Å². The fourth-order valence-corrected chi connectivity index (χ4v) is 13.5. The number of nitrogens with one attached hydrogen (secondary N) is 5. The van der Waals surface area contributed by atoms with Gasteiger partial charge in [-0.15, -0.1) is 5.23 Å². The number of allylic oxidation sites excluding steroid dienone is 1. The second-order valence-corrected chi connectivity index (χ2v) is 25.9. The molecule has 6 aromatic rings. The number of H-pyrrole nitrogens is 1. The van der Waals surface area contributed by atoms with Gasteiger partial charge in [0, 0.05) is 123 Å². The number of amides is 5. The molecule has 1 aliphatic carbocycles. The molecule has 21 nitrogen and oxygen atoms in total. The number of rotatable bonds is 20. The zero-order valence-corrected chi connectivity index (χ0v) is 49.8. The number of hydrogen-bond donors (Lipinski definition) is 7. The Hall–Kier alpha value is -8.02. The van der Waals surface area contributed by atoms with Gasteiger partial charge in [-0.3, -0.25) is 44.6 Å². The number of piperidine rings is 2. The predicted octanol–water partition coefficient (Wildman–Crippen LogP) is 9.19. The molecule has 5 amide bonds. The van der Waals surface area contributed by atoms with Crippen molar-refractivity contribution in [2.75, 3.05) is 79.7 Å². The molecule has 7 N–H and O–H groups in total. The maximum Gasteiger partial charge on any atom is 0.268 e. The van der Waals surface area contributed by atoms with E-state index in [0.29, 0.717) is 88.3 Å². The van der Waals surface area contributed by atoms with Crippen LogP contribution in [-0.4, -0.2) is 138 Å². The van der Waals surface area contributed by atoms with Gasteiger partial charge in [-0.2, -0.15) is 0 Å². The first-order valence-corrected chi connectivity index (χ1v) is 31.3. The number of halogens is 1. The number of benzene rings is 4. The van der Waals surface area contributed by atoms with Gasteiger partial charge in [-0.1, -0.05) is 49.2 Å². The second kappa shape index (κ2) is 25.5. The maximum atomic E-state index is 14.2. The summed E-state index contributed by atoms with van der Waals surface area (Å²) < 4.78 is 36.6. The van der Waals surface area contributed by atoms with E-state index < -0.39 is 32.8 Å². The standard InChI is InChI=1S/C63H72ClN11O10S/c1-63(2)23-19-43(50(35-63)41-9-11-44(64)12-10-41)38-71-28-30-72(31-29-71)45-13-15-49(56(33-45)85-46-32-42-20-25-66-59(42)68-37-46)60(78)70-86(83,84)47-14-16-53(55(34-47)75(81)82)67-36-40-21-26-73(27-22-40)58(77)8-3-4-24-65-52-7-5-6-48-51(52)39-74(62(48)80)54-17-18-57(76)69-61(54)79/h5-7,9-16,20,25,32-34,37,40,54,65,67,81-82H,3-4,8,17-19,21-24,26-31,35-36,38-39H2,1-2H3,(H,66,68)(H,70,78)(H,69,76,79). The monoisotopic (exact) mass is 1210 g/mol. The van der Waals surface area contributed by atoms with Crippen LogP contribution in [0.4, 0.5) is 22.7 Å². The minimum Gasteiger partial charge on any atom is -0.455 e. The molecule has 0 radical (unpaired) electrons. The number of pyridine rings is 1. The average Bonchev–Trinajstić information content (AvgIpc) is 3.04. The number of aromatic nitrogens is 2. The molecule has 452 valence electrons. The number of piperazine rings is 1. The zero-order valence-electron chi connectivity index (χ0n) is 48.2. The summed E-state index contributed by atoms with van der Waals surface area (Å²) in [5.41, 5.74) is 7.79. The summed E-state index contributed by atoms with van der Waals surface area (Å²) in [6, 6.07) is 25.3. The van der Waals surface area contributed by atoms with Gasteiger partial charge in [-0.05, 0) is 141 Å². The number of unbranched alkanes of at least 4 members (excludes halogenated alkanes) is 1. The molecule has 2 aromatic heterocycles. The van der Waals surface area contributed by atoms with Gasteiger partial charge in [0.2, 0.25) is 17.7 Å². The van der Waals surface area contributed by atoms with Gasteiger partial charge < -0.3 is 35.1 Å². The summed E-state index contributed by atoms with van der Waals surface area (Å²) in [7, 11) is -4.60. The van der Waals surface area contributed by atoms with Crippen molar-refractivity contribution in [3.63, 3.8) is 0 Å². The van der Waals surface area contributed by atoms with E-state index in [0.717, 1.165) is 72.3 Å². The van der Waals surface area contributed by atoms with Crippen molar-refractivity contribution in [3.05, 3.63) is 136 Å². The summed E-state index contributed by atoms with van der Waals surface area (Å²) in [5.74, 6) is -1.36. The molecule has 23 heteroatoms. The number of hydrogen-bond acceptors (Lipinski definition) is 16. The molecule has 3 fully saturated rings. The average molecular weight is 1210 g/mol. The SMILES string of the molecule is CC1(C)CCC(CN2CCN(c3ccc(C(=O)NS(=O)(=O)c4ccc(NCC5CCN(C(=O)CCCCNc6cccc7c6CN(C6CCC(=O)NC6=O)C7=O)CC5)c(N(O)O)c4)c(Oc4cnc5[nH]ccc5c4)c3)CC2)=C(c2ccc(Cl)cc2)C1. The Balaban J connectivity index is 0.675. The topological polar surface area (TPSA) is 262 Å². The lowest BCUT2D eigenvalue weighted by Crippen LogP contribution is -2.52. The smallest absolute Gasteiger partial charge is 0.268 e. The number of imide groups is 1. The molecule has 3 saturated heterocycles. The number of carbonyl (C=O) groups is 5. The van der Waals surface area contributed by atoms with E-state index in [-0.39, 0.29) is 76.4 Å². The molecule has 6 heterocycles. The van der Waals surface area contributed by atoms with E-state index in [9.17, 15) is 42.8 Å². The van der Waals surface area contributed by atoms with Crippen LogP contribution in [0.5, 0.6) is 11.5 Å². The van der Waals surface area contributed by atoms with Gasteiger partial charge in [-0.25, -0.2) is 18.1 Å². The minimum atomic E-state index is -4.60. The molecule has 0 saturated carbocycles. The predicted molar refractivity (Wildman–Crippen MR) is 327 cm³/mol. The third-order valence-corrected chi connectivity index (χ3v) is 18.9. The van der Waals surface area contributed by atoms with Crippen LogP contribution in [0.25, 0.3) is 16.6 Å². The number of fused-ring (bicyclic) bond motifs is 2. The molecule has 4 aromatic carbocycles. The lowest BCUT2D eigenvalue weighted by Gasteiger charge is -2.39. The number of aromatic amines is 1. The molecule has 86 heavy (non-hydrogen) atoms. The summed E-state index contributed by atoms with van der Waals surface area (Å²) in [6.07, 6.45) is 10.0. The van der Waals surface area contributed by atoms with Crippen molar-refractivity contribution >= 4 is 90.5 Å². The van der Waals surface area contributed by atoms with E-state index in [4.69, 9.17) is 16.3 Å². The summed E-state index contributed by atoms with van der Waals surface area (Å²) in [4.78, 5) is 80.1. The largest absolute Gasteiger partial charge is 0.455 e. The maximum absolute atomic E-state index is 14.2. The fourth-order valence-electron chi connectivity index (χ4n) is 12.4. The summed E-state index contributed by atoms with van der Waals surface area (Å²) in [5, 5.41) is 31.0. The van der Waals surface area contributed by atoms with Crippen LogP contribution >= 0.6 is 11.6 Å². The highest BCUT2D eigenvalue weighted by molar-refractivity contribution is 7.90. The van der Waals surface area contributed by atoms with Crippen molar-refractivity contribution in [2.45, 2.75) is 95.5 Å². The van der Waals surface area contributed by atoms with Crippen LogP contribution in [0.1, 0.15) is 110 Å². The third-order valence-electron chi connectivity index (χ3n) is 17.3. The van der Waals surface area contributed by atoms with Crippen LogP contribution < -0.4 is 35.5 Å². The van der Waals surface area contributed by atoms with Gasteiger partial charge in [0.25, 0.3) is 21.8 Å². The molecule has 0 bridgehead atoms. The van der Waals surface area contributed by atoms with E-state index in [1.807, 2.05) is 29.2 Å². The zero-order chi connectivity index (χ0) is 60.3. The third kappa shape index (κ3) is 13.6. The first-order valence-electron chi connectivity index (χ1n) is 29.4. The van der Waals surface area contributed by atoms with Crippen LogP contribution in [0.2, 0.25) is 5.02 Å². The number of anilines is 4. The Kier molecular flexibility index (Phi) is 17.7. The number of likely N-dealkylation sites (tertiary alicyclic amines) is 1. The van der Waals surface area contributed by atoms with Crippen molar-refractivity contribution in [1.29, 1.82) is 0 Å². The molecule has 5 aliphatic rings. The van der Waals surface area contributed by atoms with Crippen molar-refractivity contribution in [3.8, 4) is 11.5 Å². The van der Waals surface area contributed by atoms with Crippen molar-refractivity contribution in [2.24, 2.45) is 11.3 Å². The van der Waals surface area contributed by atoms with Gasteiger partial charge in [0.1, 0.15) is 28.9 Å². The summed E-state index contributed by atoms with van der Waals surface area (Å²) in [6.45, 7) is 10.9. The number of ether oxygens (including phenoxy) is 1. The number of carbonyl (C=O) groups excluding carboxylic acids is 5. The Labute approximate surface area is 504 Å². The summed E-state index contributed by atoms with van der Waals surface area (Å²) >= 11 is 6.27. The lowest BCUT2D eigenvalue weighted by molar-refractivity contribution is -0.137. The Morgan fingerprint density at radius 3 is 2.43 bits per heavy atom. The van der Waals surface area contributed by atoms with Crippen LogP contribution in [0, 0.1) is 11.3 Å². The van der Waals surface area contributed by atoms with Gasteiger partial charge in [0.15, 0.2) is 0 Å². The van der Waals surface area contributed by atoms with E-state index >= 15 is 0 Å². The van der Waals surface area contributed by atoms with Crippen LogP contribution in [-0.2, 0) is 31.0 Å². The molecule has 4 aliphatic heterocycles. The molecular weight excluding hydrogens is 1140 g/mol. The normalized spacial score (nSPS) is 18.5. The Morgan fingerprint density at radius 2 is 1.66 bits per heavy atom. The highest BCUT2D eigenvalue weighted by Crippen LogP contribution is 2.44. The van der Waals surface area contributed by atoms with E-state index in [1.165, 1.54) is 39.9 Å². The number of sulfonamides is 1. The molecule has 1 unspecified atom stereocenters. The molecule has 0 spiro atoms. The van der Waals surface area contributed by atoms with Gasteiger partial charge >= 0.3 is 0 Å². The second-order valence-electron chi connectivity index (χ2n) is 23.8. The highest BCUT2D eigenvalue weighted by atomic mass is 35.5. The lowest BCUT2D eigenvalue weighted by atomic mass is 9.72. The van der Waals surface area contributed by atoms with Crippen molar-refractivity contribution < 1.29 is 47.5 Å². The number of nitrogens with zero attached hydrogens (tertiary/aromatic N) is 6. The Bertz CT molecular complexity index is 3710. The fraction of sp³-hybridized carbons (Fsp3) is 0.397. The molecule has 1 atom stereocenters. The first kappa shape index (κ1) is 59.7. The van der Waals surface area contributed by atoms with Crippen LogP contribution in [0.15, 0.2) is 114 Å².